The summed E-state index contributed by atoms with van der Waals surface area (Å²) in [5.74, 6) is -1.39. The van der Waals surface area contributed by atoms with Gasteiger partial charge < -0.3 is 14.6 Å². The standard InChI is InChI=1S/C26H23ClN2O5/c1-4-15-7-9-17(10-8-15)29-23(16-6-5-11-28-14-16)22(25(31)26(29)32)24(30)18-12-19(27)21(34-3)13-20(18)33-2/h5-14,23,30H,4H2,1-3H3/b24-22+. The van der Waals surface area contributed by atoms with Crippen LogP contribution in [-0.4, -0.2) is 36.0 Å². The lowest BCUT2D eigenvalue weighted by Crippen LogP contribution is -2.29. The van der Waals surface area contributed by atoms with E-state index in [2.05, 4.69) is 4.98 Å². The van der Waals surface area contributed by atoms with Crippen molar-refractivity contribution in [3.63, 3.8) is 0 Å². The van der Waals surface area contributed by atoms with Gasteiger partial charge in [-0.15, -0.1) is 0 Å². The molecule has 1 fully saturated rings. The van der Waals surface area contributed by atoms with Crippen molar-refractivity contribution in [1.82, 2.24) is 4.98 Å². The molecule has 34 heavy (non-hydrogen) atoms. The number of rotatable bonds is 6. The number of halogens is 1. The summed E-state index contributed by atoms with van der Waals surface area (Å²) >= 11 is 6.29. The van der Waals surface area contributed by atoms with Gasteiger partial charge in [0.2, 0.25) is 0 Å². The molecule has 0 spiro atoms. The summed E-state index contributed by atoms with van der Waals surface area (Å²) in [6, 6.07) is 12.9. The van der Waals surface area contributed by atoms with Gasteiger partial charge in [0.1, 0.15) is 17.3 Å². The van der Waals surface area contributed by atoms with Crippen molar-refractivity contribution in [1.29, 1.82) is 0 Å². The second-order valence-electron chi connectivity index (χ2n) is 7.66. The number of hydrogen-bond acceptors (Lipinski definition) is 6. The van der Waals surface area contributed by atoms with Gasteiger partial charge in [-0.05, 0) is 41.8 Å². The first-order chi connectivity index (χ1) is 16.4. The largest absolute Gasteiger partial charge is 0.507 e. The van der Waals surface area contributed by atoms with E-state index in [1.807, 2.05) is 19.1 Å². The van der Waals surface area contributed by atoms with Gasteiger partial charge >= 0.3 is 0 Å². The number of hydrogen-bond donors (Lipinski definition) is 1. The Kier molecular flexibility index (Phi) is 6.56. The zero-order valence-electron chi connectivity index (χ0n) is 18.9. The molecule has 3 aromatic rings. The number of anilines is 1. The Hall–Kier alpha value is -3.84. The van der Waals surface area contributed by atoms with Gasteiger partial charge in [-0.1, -0.05) is 36.7 Å². The van der Waals surface area contributed by atoms with Gasteiger partial charge in [-0.25, -0.2) is 0 Å². The Morgan fingerprint density at radius 3 is 2.38 bits per heavy atom. The molecule has 4 rings (SSSR count). The van der Waals surface area contributed by atoms with E-state index >= 15 is 0 Å². The molecule has 2 aromatic carbocycles. The van der Waals surface area contributed by atoms with Crippen LogP contribution in [0.15, 0.2) is 66.5 Å². The molecular weight excluding hydrogens is 456 g/mol. The van der Waals surface area contributed by atoms with Crippen molar-refractivity contribution in [2.45, 2.75) is 19.4 Å². The molecule has 1 saturated heterocycles. The summed E-state index contributed by atoms with van der Waals surface area (Å²) in [7, 11) is 2.88. The molecule has 1 unspecified atom stereocenters. The predicted octanol–water partition coefficient (Wildman–Crippen LogP) is 4.94. The monoisotopic (exact) mass is 478 g/mol. The first kappa shape index (κ1) is 23.3. The minimum Gasteiger partial charge on any atom is -0.507 e. The number of aryl methyl sites for hydroxylation is 1. The quantitative estimate of drug-likeness (QED) is 0.306. The zero-order valence-corrected chi connectivity index (χ0v) is 19.7. The number of ketones is 1. The number of carbonyl (C=O) groups excluding carboxylic acids is 2. The molecule has 7 nitrogen and oxygen atoms in total. The van der Waals surface area contributed by atoms with E-state index in [0.717, 1.165) is 12.0 Å². The lowest BCUT2D eigenvalue weighted by molar-refractivity contribution is -0.132. The predicted molar refractivity (Wildman–Crippen MR) is 129 cm³/mol. The van der Waals surface area contributed by atoms with E-state index in [1.54, 1.807) is 36.7 Å². The maximum Gasteiger partial charge on any atom is 0.300 e. The Bertz CT molecular complexity index is 1270. The molecule has 0 radical (unpaired) electrons. The molecule has 8 heteroatoms. The van der Waals surface area contributed by atoms with Gasteiger partial charge in [0.05, 0.1) is 36.4 Å². The number of aliphatic hydroxyl groups excluding tert-OH is 1. The average molecular weight is 479 g/mol. The van der Waals surface area contributed by atoms with Crippen LogP contribution >= 0.6 is 11.6 Å². The van der Waals surface area contributed by atoms with Crippen LogP contribution in [0.3, 0.4) is 0 Å². The summed E-state index contributed by atoms with van der Waals surface area (Å²) in [5.41, 5.74) is 2.28. The van der Waals surface area contributed by atoms with Gasteiger partial charge in [-0.2, -0.15) is 0 Å². The molecule has 1 aliphatic rings. The maximum absolute atomic E-state index is 13.3. The Morgan fingerprint density at radius 2 is 1.79 bits per heavy atom. The number of aliphatic hydroxyl groups is 1. The van der Waals surface area contributed by atoms with E-state index in [9.17, 15) is 14.7 Å². The SMILES string of the molecule is CCc1ccc(N2C(=O)C(=O)/C(=C(/O)c3cc(Cl)c(OC)cc3OC)C2c2cccnc2)cc1. The number of Topliss-reactive ketones (excluding diaryl/α,β-unsaturated/α-hetero) is 1. The van der Waals surface area contributed by atoms with Crippen molar-refractivity contribution in [2.24, 2.45) is 0 Å². The van der Waals surface area contributed by atoms with E-state index in [4.69, 9.17) is 21.1 Å². The maximum atomic E-state index is 13.3. The summed E-state index contributed by atoms with van der Waals surface area (Å²) in [6.07, 6.45) is 4.00. The molecule has 0 aliphatic carbocycles. The third-order valence-electron chi connectivity index (χ3n) is 5.80. The van der Waals surface area contributed by atoms with Gasteiger partial charge in [0, 0.05) is 24.1 Å². The number of nitrogens with zero attached hydrogens (tertiary/aromatic N) is 2. The third-order valence-corrected chi connectivity index (χ3v) is 6.09. The molecule has 1 N–H and O–H groups in total. The molecule has 1 aliphatic heterocycles. The highest BCUT2D eigenvalue weighted by atomic mass is 35.5. The van der Waals surface area contributed by atoms with E-state index < -0.39 is 23.5 Å². The number of pyridine rings is 1. The number of carbonyl (C=O) groups is 2. The average Bonchev–Trinajstić information content (AvgIpc) is 3.14. The van der Waals surface area contributed by atoms with Gasteiger partial charge in [0.25, 0.3) is 11.7 Å². The first-order valence-corrected chi connectivity index (χ1v) is 11.0. The minimum atomic E-state index is -0.897. The fourth-order valence-electron chi connectivity index (χ4n) is 4.03. The highest BCUT2D eigenvalue weighted by Gasteiger charge is 2.47. The van der Waals surface area contributed by atoms with Crippen molar-refractivity contribution < 1.29 is 24.2 Å². The summed E-state index contributed by atoms with van der Waals surface area (Å²) in [4.78, 5) is 32.1. The molecule has 174 valence electrons. The molecule has 0 saturated carbocycles. The second-order valence-corrected chi connectivity index (χ2v) is 8.07. The number of ether oxygens (including phenoxy) is 2. The van der Waals surface area contributed by atoms with Crippen LogP contribution in [0, 0.1) is 0 Å². The summed E-state index contributed by atoms with van der Waals surface area (Å²) < 4.78 is 10.6. The Labute approximate surface area is 202 Å². The van der Waals surface area contributed by atoms with Crippen LogP contribution in [0.25, 0.3) is 5.76 Å². The number of benzene rings is 2. The van der Waals surface area contributed by atoms with Crippen LogP contribution in [0.5, 0.6) is 11.5 Å². The van der Waals surface area contributed by atoms with E-state index in [1.165, 1.54) is 31.3 Å². The fraction of sp³-hybridized carbons (Fsp3) is 0.192. The van der Waals surface area contributed by atoms with E-state index in [-0.39, 0.29) is 21.9 Å². The number of amides is 1. The Balaban J connectivity index is 1.95. The number of aromatic nitrogens is 1. The molecular formula is C26H23ClN2O5. The van der Waals surface area contributed by atoms with Gasteiger partial charge in [0.15, 0.2) is 0 Å². The van der Waals surface area contributed by atoms with Crippen LogP contribution in [0.1, 0.15) is 29.7 Å². The molecule has 1 atom stereocenters. The molecule has 1 amide bonds. The second kappa shape index (κ2) is 9.57. The zero-order chi connectivity index (χ0) is 24.4. The molecule has 1 aromatic heterocycles. The topological polar surface area (TPSA) is 89.0 Å². The van der Waals surface area contributed by atoms with Crippen LogP contribution in [-0.2, 0) is 16.0 Å². The van der Waals surface area contributed by atoms with Crippen molar-refractivity contribution in [3.05, 3.63) is 88.2 Å². The van der Waals surface area contributed by atoms with Crippen LogP contribution in [0.2, 0.25) is 5.02 Å². The van der Waals surface area contributed by atoms with E-state index in [0.29, 0.717) is 17.0 Å². The highest BCUT2D eigenvalue weighted by molar-refractivity contribution is 6.51. The Morgan fingerprint density at radius 1 is 1.09 bits per heavy atom. The van der Waals surface area contributed by atoms with Crippen molar-refractivity contribution in [3.8, 4) is 11.5 Å². The highest BCUT2D eigenvalue weighted by Crippen LogP contribution is 2.44. The molecule has 2 heterocycles. The number of methoxy groups -OCH3 is 2. The van der Waals surface area contributed by atoms with Crippen molar-refractivity contribution >= 4 is 34.7 Å². The van der Waals surface area contributed by atoms with Crippen molar-refractivity contribution in [2.75, 3.05) is 19.1 Å². The third kappa shape index (κ3) is 3.99. The normalized spacial score (nSPS) is 17.2. The van der Waals surface area contributed by atoms with Crippen LogP contribution < -0.4 is 14.4 Å². The van der Waals surface area contributed by atoms with Crippen LogP contribution in [0.4, 0.5) is 5.69 Å². The lowest BCUT2D eigenvalue weighted by Gasteiger charge is -2.25. The lowest BCUT2D eigenvalue weighted by atomic mass is 9.95. The summed E-state index contributed by atoms with van der Waals surface area (Å²) in [5, 5.41) is 11.6. The fourth-order valence-corrected chi connectivity index (χ4v) is 4.28. The molecule has 0 bridgehead atoms. The minimum absolute atomic E-state index is 0.0860. The first-order valence-electron chi connectivity index (χ1n) is 10.6. The van der Waals surface area contributed by atoms with Gasteiger partial charge in [-0.3, -0.25) is 19.5 Å². The smallest absolute Gasteiger partial charge is 0.300 e. The summed E-state index contributed by atoms with van der Waals surface area (Å²) in [6.45, 7) is 2.03.